The lowest BCUT2D eigenvalue weighted by atomic mass is 10.1. The van der Waals surface area contributed by atoms with E-state index in [-0.39, 0.29) is 0 Å². The molecule has 0 aliphatic carbocycles. The Labute approximate surface area is 107 Å². The predicted molar refractivity (Wildman–Crippen MR) is 72.6 cm³/mol. The highest BCUT2D eigenvalue weighted by atomic mass is 16.5. The number of methoxy groups -OCH3 is 1. The van der Waals surface area contributed by atoms with Gasteiger partial charge in [0.1, 0.15) is 11.6 Å². The highest BCUT2D eigenvalue weighted by Gasteiger charge is 2.09. The van der Waals surface area contributed by atoms with Gasteiger partial charge in [-0.25, -0.2) is 4.98 Å². The van der Waals surface area contributed by atoms with E-state index in [1.807, 2.05) is 25.1 Å². The zero-order chi connectivity index (χ0) is 13.1. The summed E-state index contributed by atoms with van der Waals surface area (Å²) in [6.45, 7) is 4.60. The number of aryl methyl sites for hydroxylation is 2. The van der Waals surface area contributed by atoms with Crippen molar-refractivity contribution in [2.45, 2.75) is 26.8 Å². The highest BCUT2D eigenvalue weighted by molar-refractivity contribution is 5.59. The molecule has 1 aromatic heterocycles. The smallest absolute Gasteiger partial charge is 0.137 e. The second kappa shape index (κ2) is 5.23. The van der Waals surface area contributed by atoms with E-state index in [1.165, 1.54) is 0 Å². The van der Waals surface area contributed by atoms with Gasteiger partial charge in [-0.1, -0.05) is 6.92 Å². The standard InChI is InChI=1S/C14H19N3O/c1-4-12-9(2)16-14(17-12)10-5-6-13(18-3)11(7-10)8-15/h5-7H,4,8,15H2,1-3H3,(H,16,17). The van der Waals surface area contributed by atoms with Crippen LogP contribution >= 0.6 is 0 Å². The summed E-state index contributed by atoms with van der Waals surface area (Å²) in [6.07, 6.45) is 0.933. The van der Waals surface area contributed by atoms with Crippen LogP contribution in [-0.4, -0.2) is 17.1 Å². The van der Waals surface area contributed by atoms with E-state index in [1.54, 1.807) is 7.11 Å². The average molecular weight is 245 g/mol. The van der Waals surface area contributed by atoms with Crippen LogP contribution in [-0.2, 0) is 13.0 Å². The van der Waals surface area contributed by atoms with Crippen LogP contribution in [0.4, 0.5) is 0 Å². The number of hydrogen-bond acceptors (Lipinski definition) is 3. The molecule has 0 spiro atoms. The second-order valence-electron chi connectivity index (χ2n) is 4.24. The normalized spacial score (nSPS) is 10.7. The Bertz CT molecular complexity index is 546. The maximum Gasteiger partial charge on any atom is 0.137 e. The van der Waals surface area contributed by atoms with Crippen LogP contribution in [0, 0.1) is 6.92 Å². The van der Waals surface area contributed by atoms with Crippen molar-refractivity contribution in [3.63, 3.8) is 0 Å². The van der Waals surface area contributed by atoms with Gasteiger partial charge < -0.3 is 15.5 Å². The van der Waals surface area contributed by atoms with E-state index in [0.717, 1.165) is 40.5 Å². The van der Waals surface area contributed by atoms with Gasteiger partial charge in [0, 0.05) is 23.4 Å². The van der Waals surface area contributed by atoms with Crippen LogP contribution in [0.5, 0.6) is 5.75 Å². The van der Waals surface area contributed by atoms with Crippen LogP contribution in [0.15, 0.2) is 18.2 Å². The molecule has 18 heavy (non-hydrogen) atoms. The Balaban J connectivity index is 2.44. The molecule has 0 saturated heterocycles. The van der Waals surface area contributed by atoms with Crippen molar-refractivity contribution in [1.29, 1.82) is 0 Å². The Morgan fingerprint density at radius 2 is 2.17 bits per heavy atom. The Morgan fingerprint density at radius 3 is 2.72 bits per heavy atom. The summed E-state index contributed by atoms with van der Waals surface area (Å²) in [7, 11) is 1.65. The summed E-state index contributed by atoms with van der Waals surface area (Å²) in [6, 6.07) is 5.95. The zero-order valence-corrected chi connectivity index (χ0v) is 11.1. The fourth-order valence-electron chi connectivity index (χ4n) is 2.06. The molecule has 1 aromatic carbocycles. The Hall–Kier alpha value is -1.81. The third kappa shape index (κ3) is 2.24. The lowest BCUT2D eigenvalue weighted by Gasteiger charge is -2.07. The highest BCUT2D eigenvalue weighted by Crippen LogP contribution is 2.25. The lowest BCUT2D eigenvalue weighted by molar-refractivity contribution is 0.410. The number of aromatic nitrogens is 2. The minimum absolute atomic E-state index is 0.456. The number of nitrogens with one attached hydrogen (secondary N) is 1. The van der Waals surface area contributed by atoms with Gasteiger partial charge in [0.25, 0.3) is 0 Å². The molecule has 0 unspecified atom stereocenters. The van der Waals surface area contributed by atoms with E-state index in [0.29, 0.717) is 6.54 Å². The van der Waals surface area contributed by atoms with Crippen LogP contribution in [0.2, 0.25) is 0 Å². The number of aromatic amines is 1. The minimum Gasteiger partial charge on any atom is -0.496 e. The SMILES string of the molecule is CCc1nc(-c2ccc(OC)c(CN)c2)[nH]c1C. The maximum absolute atomic E-state index is 5.72. The Kier molecular flexibility index (Phi) is 3.67. The predicted octanol–water partition coefficient (Wildman–Crippen LogP) is 2.41. The van der Waals surface area contributed by atoms with Crippen molar-refractivity contribution in [2.24, 2.45) is 5.73 Å². The first-order chi connectivity index (χ1) is 8.69. The van der Waals surface area contributed by atoms with Crippen molar-refractivity contribution in [1.82, 2.24) is 9.97 Å². The first-order valence-corrected chi connectivity index (χ1v) is 6.12. The topological polar surface area (TPSA) is 63.9 Å². The number of nitrogens with zero attached hydrogens (tertiary/aromatic N) is 1. The number of rotatable bonds is 4. The molecule has 0 radical (unpaired) electrons. The molecular weight excluding hydrogens is 226 g/mol. The molecular formula is C14H19N3O. The van der Waals surface area contributed by atoms with E-state index in [2.05, 4.69) is 16.9 Å². The average Bonchev–Trinajstić information content (AvgIpc) is 2.79. The molecule has 0 aliphatic rings. The van der Waals surface area contributed by atoms with E-state index >= 15 is 0 Å². The van der Waals surface area contributed by atoms with Gasteiger partial charge in [-0.15, -0.1) is 0 Å². The van der Waals surface area contributed by atoms with E-state index in [9.17, 15) is 0 Å². The van der Waals surface area contributed by atoms with Gasteiger partial charge >= 0.3 is 0 Å². The number of nitrogens with two attached hydrogens (primary N) is 1. The molecule has 0 fully saturated rings. The summed E-state index contributed by atoms with van der Waals surface area (Å²) in [4.78, 5) is 7.90. The fraction of sp³-hybridized carbons (Fsp3) is 0.357. The van der Waals surface area contributed by atoms with Crippen LogP contribution in [0.1, 0.15) is 23.9 Å². The largest absolute Gasteiger partial charge is 0.496 e. The lowest BCUT2D eigenvalue weighted by Crippen LogP contribution is -2.00. The molecule has 4 heteroatoms. The molecule has 0 amide bonds. The van der Waals surface area contributed by atoms with Gasteiger partial charge in [0.05, 0.1) is 12.8 Å². The number of ether oxygens (including phenoxy) is 1. The molecule has 0 atom stereocenters. The first kappa shape index (κ1) is 12.6. The maximum atomic E-state index is 5.72. The molecule has 3 N–H and O–H groups in total. The van der Waals surface area contributed by atoms with Gasteiger partial charge in [0.15, 0.2) is 0 Å². The zero-order valence-electron chi connectivity index (χ0n) is 11.1. The van der Waals surface area contributed by atoms with Gasteiger partial charge in [-0.05, 0) is 31.5 Å². The van der Waals surface area contributed by atoms with Crippen molar-refractivity contribution < 1.29 is 4.74 Å². The Morgan fingerprint density at radius 1 is 1.39 bits per heavy atom. The quantitative estimate of drug-likeness (QED) is 0.869. The molecule has 0 bridgehead atoms. The van der Waals surface area contributed by atoms with Crippen molar-refractivity contribution in [2.75, 3.05) is 7.11 Å². The minimum atomic E-state index is 0.456. The monoisotopic (exact) mass is 245 g/mol. The van der Waals surface area contributed by atoms with Gasteiger partial charge in [-0.2, -0.15) is 0 Å². The van der Waals surface area contributed by atoms with Crippen molar-refractivity contribution >= 4 is 0 Å². The fourth-order valence-corrected chi connectivity index (χ4v) is 2.06. The molecule has 1 heterocycles. The molecule has 2 aromatic rings. The molecule has 4 nitrogen and oxygen atoms in total. The number of hydrogen-bond donors (Lipinski definition) is 2. The van der Waals surface area contributed by atoms with E-state index in [4.69, 9.17) is 10.5 Å². The number of benzene rings is 1. The number of H-pyrrole nitrogens is 1. The van der Waals surface area contributed by atoms with Crippen LogP contribution < -0.4 is 10.5 Å². The van der Waals surface area contributed by atoms with Crippen LogP contribution in [0.25, 0.3) is 11.4 Å². The molecule has 2 rings (SSSR count). The summed E-state index contributed by atoms with van der Waals surface area (Å²) in [5, 5.41) is 0. The summed E-state index contributed by atoms with van der Waals surface area (Å²) >= 11 is 0. The molecule has 0 aliphatic heterocycles. The summed E-state index contributed by atoms with van der Waals surface area (Å²) in [5.41, 5.74) is 9.98. The molecule has 0 saturated carbocycles. The third-order valence-corrected chi connectivity index (χ3v) is 3.09. The number of imidazole rings is 1. The van der Waals surface area contributed by atoms with Gasteiger partial charge in [0.2, 0.25) is 0 Å². The summed E-state index contributed by atoms with van der Waals surface area (Å²) < 4.78 is 5.27. The van der Waals surface area contributed by atoms with Crippen molar-refractivity contribution in [3.05, 3.63) is 35.2 Å². The van der Waals surface area contributed by atoms with Gasteiger partial charge in [-0.3, -0.25) is 0 Å². The first-order valence-electron chi connectivity index (χ1n) is 6.12. The molecule has 96 valence electrons. The van der Waals surface area contributed by atoms with E-state index < -0.39 is 0 Å². The second-order valence-corrected chi connectivity index (χ2v) is 4.24. The summed E-state index contributed by atoms with van der Waals surface area (Å²) in [5.74, 6) is 1.71. The third-order valence-electron chi connectivity index (χ3n) is 3.09. The van der Waals surface area contributed by atoms with Crippen LogP contribution in [0.3, 0.4) is 0 Å². The van der Waals surface area contributed by atoms with Crippen molar-refractivity contribution in [3.8, 4) is 17.1 Å².